The number of carbonyl (C=O) groups is 2. The van der Waals surface area contributed by atoms with Crippen LogP contribution in [0.2, 0.25) is 0 Å². The van der Waals surface area contributed by atoms with Crippen LogP contribution in [-0.4, -0.2) is 25.8 Å². The highest BCUT2D eigenvalue weighted by molar-refractivity contribution is 9.10. The zero-order chi connectivity index (χ0) is 21.3. The molecule has 1 aliphatic rings. The fraction of sp³-hybridized carbons (Fsp3) is 0.417. The summed E-state index contributed by atoms with van der Waals surface area (Å²) in [7, 11) is 3.18. The van der Waals surface area contributed by atoms with Gasteiger partial charge in [-0.1, -0.05) is 48.8 Å². The Labute approximate surface area is 180 Å². The van der Waals surface area contributed by atoms with Crippen molar-refractivity contribution < 1.29 is 19.1 Å². The first-order valence-electron chi connectivity index (χ1n) is 9.71. The van der Waals surface area contributed by atoms with Crippen LogP contribution in [0.25, 0.3) is 0 Å². The lowest BCUT2D eigenvalue weighted by Crippen LogP contribution is -2.18. The fourth-order valence-electron chi connectivity index (χ4n) is 3.92. The number of methoxy groups -OCH3 is 2. The van der Waals surface area contributed by atoms with E-state index < -0.39 is 0 Å². The molecule has 1 aliphatic carbocycles. The van der Waals surface area contributed by atoms with E-state index in [0.29, 0.717) is 11.5 Å². The summed E-state index contributed by atoms with van der Waals surface area (Å²) < 4.78 is 12.1. The standard InChI is InChI=1S/C24H27BrO4/c1-24(2,3)18-6-14-10-20(26)12-16-8-19(25)9-17(23(16)29-5)13-21(27)11-15(7-18)22(14)28-4/h6-9H,10-13H2,1-5H3. The smallest absolute Gasteiger partial charge is 0.141 e. The average Bonchev–Trinajstić information content (AvgIpc) is 2.59. The Morgan fingerprint density at radius 3 is 1.38 bits per heavy atom. The van der Waals surface area contributed by atoms with E-state index in [1.165, 1.54) is 0 Å². The summed E-state index contributed by atoms with van der Waals surface area (Å²) >= 11 is 3.50. The van der Waals surface area contributed by atoms with E-state index in [1.807, 2.05) is 24.3 Å². The van der Waals surface area contributed by atoms with Crippen LogP contribution in [0.1, 0.15) is 48.6 Å². The van der Waals surface area contributed by atoms with Crippen LogP contribution in [0, 0.1) is 0 Å². The maximum absolute atomic E-state index is 13.0. The molecule has 0 saturated carbocycles. The molecule has 4 nitrogen and oxygen atoms in total. The second-order valence-electron chi connectivity index (χ2n) is 8.62. The van der Waals surface area contributed by atoms with E-state index in [4.69, 9.17) is 9.47 Å². The summed E-state index contributed by atoms with van der Waals surface area (Å²) in [5, 5.41) is 0. The van der Waals surface area contributed by atoms with Crippen molar-refractivity contribution in [1.29, 1.82) is 0 Å². The number of carbonyl (C=O) groups excluding carboxylic acids is 2. The summed E-state index contributed by atoms with van der Waals surface area (Å²) in [6.07, 6.45) is 0.975. The summed E-state index contributed by atoms with van der Waals surface area (Å²) in [5.74, 6) is 1.43. The van der Waals surface area contributed by atoms with Crippen LogP contribution in [-0.2, 0) is 40.7 Å². The fourth-order valence-corrected chi connectivity index (χ4v) is 4.48. The minimum Gasteiger partial charge on any atom is -0.496 e. The van der Waals surface area contributed by atoms with Crippen molar-refractivity contribution in [3.05, 3.63) is 56.6 Å². The van der Waals surface area contributed by atoms with Gasteiger partial charge in [-0.3, -0.25) is 9.59 Å². The van der Waals surface area contributed by atoms with E-state index in [1.54, 1.807) is 14.2 Å². The van der Waals surface area contributed by atoms with Gasteiger partial charge in [0.15, 0.2) is 0 Å². The second-order valence-corrected chi connectivity index (χ2v) is 9.54. The summed E-state index contributed by atoms with van der Waals surface area (Å²) in [5.41, 5.74) is 4.25. The van der Waals surface area contributed by atoms with Gasteiger partial charge in [-0.25, -0.2) is 0 Å². The molecule has 0 aromatic heterocycles. The van der Waals surface area contributed by atoms with Gasteiger partial charge in [0, 0.05) is 52.4 Å². The topological polar surface area (TPSA) is 52.6 Å². The minimum atomic E-state index is -0.0999. The van der Waals surface area contributed by atoms with Gasteiger partial charge in [-0.15, -0.1) is 0 Å². The average molecular weight is 459 g/mol. The molecule has 0 fully saturated rings. The number of hydrogen-bond acceptors (Lipinski definition) is 4. The van der Waals surface area contributed by atoms with Crippen molar-refractivity contribution >= 4 is 27.5 Å². The van der Waals surface area contributed by atoms with Crippen molar-refractivity contribution in [2.24, 2.45) is 0 Å². The molecular formula is C24H27BrO4. The predicted molar refractivity (Wildman–Crippen MR) is 117 cm³/mol. The summed E-state index contributed by atoms with van der Waals surface area (Å²) in [6.45, 7) is 6.38. The van der Waals surface area contributed by atoms with Crippen molar-refractivity contribution in [1.82, 2.24) is 0 Å². The molecule has 2 aromatic rings. The highest BCUT2D eigenvalue weighted by Crippen LogP contribution is 2.35. The Morgan fingerprint density at radius 1 is 0.724 bits per heavy atom. The normalized spacial score (nSPS) is 14.8. The Kier molecular flexibility index (Phi) is 6.18. The van der Waals surface area contributed by atoms with Crippen molar-refractivity contribution in [3.63, 3.8) is 0 Å². The van der Waals surface area contributed by atoms with Crippen LogP contribution in [0.3, 0.4) is 0 Å². The van der Waals surface area contributed by atoms with Gasteiger partial charge >= 0.3 is 0 Å². The Hall–Kier alpha value is -2.14. The Balaban J connectivity index is 2.18. The highest BCUT2D eigenvalue weighted by atomic mass is 79.9. The first-order valence-corrected chi connectivity index (χ1v) is 10.5. The molecule has 0 amide bonds. The van der Waals surface area contributed by atoms with Gasteiger partial charge in [0.25, 0.3) is 0 Å². The number of benzene rings is 2. The number of Topliss-reactive ketones (excluding diaryl/α,β-unsaturated/α-hetero) is 2. The maximum atomic E-state index is 13.0. The first-order chi connectivity index (χ1) is 13.6. The van der Waals surface area contributed by atoms with Crippen LogP contribution < -0.4 is 9.47 Å². The van der Waals surface area contributed by atoms with Gasteiger partial charge < -0.3 is 9.47 Å². The molecule has 5 heteroatoms. The van der Waals surface area contributed by atoms with Gasteiger partial charge in [0.05, 0.1) is 14.2 Å². The lowest BCUT2D eigenvalue weighted by molar-refractivity contribution is -0.118. The Bertz CT molecular complexity index is 907. The summed E-state index contributed by atoms with van der Waals surface area (Å²) in [4.78, 5) is 26.0. The van der Waals surface area contributed by atoms with Gasteiger partial charge in [-0.05, 0) is 23.1 Å². The SMILES string of the molecule is COc1c2cc(Br)cc1CC(=O)Cc1cc(C(C)(C)C)cc(c1OC)CC(=O)C2. The molecule has 0 heterocycles. The lowest BCUT2D eigenvalue weighted by Gasteiger charge is -2.24. The zero-order valence-electron chi connectivity index (χ0n) is 17.6. The van der Waals surface area contributed by atoms with Crippen LogP contribution >= 0.6 is 15.9 Å². The number of halogens is 1. The van der Waals surface area contributed by atoms with Gasteiger partial charge in [-0.2, -0.15) is 0 Å². The van der Waals surface area contributed by atoms with Crippen molar-refractivity contribution in [2.75, 3.05) is 14.2 Å². The predicted octanol–water partition coefficient (Wildman–Crippen LogP) is 4.79. The van der Waals surface area contributed by atoms with E-state index in [-0.39, 0.29) is 42.7 Å². The number of hydrogen-bond donors (Lipinski definition) is 0. The third kappa shape index (κ3) is 4.72. The first kappa shape index (κ1) is 21.6. The van der Waals surface area contributed by atoms with Crippen LogP contribution in [0.5, 0.6) is 11.5 Å². The third-order valence-corrected chi connectivity index (χ3v) is 5.73. The molecule has 2 aromatic carbocycles. The van der Waals surface area contributed by atoms with E-state index >= 15 is 0 Å². The molecule has 0 unspecified atom stereocenters. The monoisotopic (exact) mass is 458 g/mol. The van der Waals surface area contributed by atoms with Crippen molar-refractivity contribution in [2.45, 2.75) is 51.9 Å². The van der Waals surface area contributed by atoms with Gasteiger partial charge in [0.2, 0.25) is 0 Å². The second kappa shape index (κ2) is 8.31. The van der Waals surface area contributed by atoms with Gasteiger partial charge in [0.1, 0.15) is 23.1 Å². The molecule has 0 N–H and O–H groups in total. The third-order valence-electron chi connectivity index (χ3n) is 5.28. The molecule has 0 radical (unpaired) electrons. The lowest BCUT2D eigenvalue weighted by atomic mass is 9.82. The largest absolute Gasteiger partial charge is 0.496 e. The molecule has 29 heavy (non-hydrogen) atoms. The molecule has 3 rings (SSSR count). The molecule has 0 spiro atoms. The maximum Gasteiger partial charge on any atom is 0.141 e. The van der Waals surface area contributed by atoms with Crippen molar-refractivity contribution in [3.8, 4) is 11.5 Å². The number of fused-ring (bicyclic) bond motifs is 4. The number of ether oxygens (including phenoxy) is 2. The van der Waals surface area contributed by atoms with Crippen LogP contribution in [0.4, 0.5) is 0 Å². The molecule has 0 aliphatic heterocycles. The number of rotatable bonds is 2. The van der Waals surface area contributed by atoms with E-state index in [2.05, 4.69) is 36.7 Å². The molecule has 4 bridgehead atoms. The molecule has 0 atom stereocenters. The number of ketones is 2. The molecular weight excluding hydrogens is 432 g/mol. The summed E-state index contributed by atoms with van der Waals surface area (Å²) in [6, 6.07) is 7.87. The van der Waals surface area contributed by atoms with Crippen LogP contribution in [0.15, 0.2) is 28.7 Å². The van der Waals surface area contributed by atoms with E-state index in [0.717, 1.165) is 32.3 Å². The molecule has 154 valence electrons. The Morgan fingerprint density at radius 2 is 1.07 bits per heavy atom. The minimum absolute atomic E-state index is 0.0783. The molecule has 0 saturated heterocycles. The zero-order valence-corrected chi connectivity index (χ0v) is 19.2. The van der Waals surface area contributed by atoms with E-state index in [9.17, 15) is 9.59 Å². The highest BCUT2D eigenvalue weighted by Gasteiger charge is 2.24. The quantitative estimate of drug-likeness (QED) is 0.649.